The predicted molar refractivity (Wildman–Crippen MR) is 60.8 cm³/mol. The second-order valence-corrected chi connectivity index (χ2v) is 4.13. The molecule has 0 amide bonds. The highest BCUT2D eigenvalue weighted by molar-refractivity contribution is 5.85. The van der Waals surface area contributed by atoms with Gasteiger partial charge >= 0.3 is 6.18 Å². The summed E-state index contributed by atoms with van der Waals surface area (Å²) in [7, 11) is 0. The molecule has 1 unspecified atom stereocenters. The fourth-order valence-electron chi connectivity index (χ4n) is 2.14. The maximum Gasteiger partial charge on any atom is 0.390 e. The molecule has 16 heavy (non-hydrogen) atoms. The molecule has 1 saturated heterocycles. The molecule has 0 saturated carbocycles. The lowest BCUT2D eigenvalue weighted by Gasteiger charge is -2.35. The minimum atomic E-state index is -4.04. The molecule has 0 bridgehead atoms. The molecule has 1 rings (SSSR count). The lowest BCUT2D eigenvalue weighted by molar-refractivity contribution is -0.139. The van der Waals surface area contributed by atoms with Crippen LogP contribution in [0.15, 0.2) is 0 Å². The summed E-state index contributed by atoms with van der Waals surface area (Å²) in [4.78, 5) is 1.95. The quantitative estimate of drug-likeness (QED) is 0.842. The summed E-state index contributed by atoms with van der Waals surface area (Å²) in [6.45, 7) is 1.49. The number of nitrogens with two attached hydrogens (primary N) is 1. The van der Waals surface area contributed by atoms with Crippen molar-refractivity contribution in [3.8, 4) is 0 Å². The Morgan fingerprint density at radius 2 is 1.94 bits per heavy atom. The van der Waals surface area contributed by atoms with Crippen LogP contribution in [-0.4, -0.2) is 36.8 Å². The second kappa shape index (κ2) is 7.35. The monoisotopic (exact) mass is 260 g/mol. The van der Waals surface area contributed by atoms with Gasteiger partial charge in [-0.05, 0) is 32.4 Å². The van der Waals surface area contributed by atoms with Crippen LogP contribution < -0.4 is 5.73 Å². The normalized spacial score (nSPS) is 22.9. The van der Waals surface area contributed by atoms with E-state index in [0.29, 0.717) is 6.54 Å². The molecule has 1 aliphatic rings. The van der Waals surface area contributed by atoms with Crippen LogP contribution in [0.4, 0.5) is 13.2 Å². The van der Waals surface area contributed by atoms with E-state index in [0.717, 1.165) is 32.2 Å². The zero-order valence-corrected chi connectivity index (χ0v) is 10.1. The molecule has 2 N–H and O–H groups in total. The van der Waals surface area contributed by atoms with Gasteiger partial charge in [0.15, 0.2) is 0 Å². The minimum Gasteiger partial charge on any atom is -0.330 e. The van der Waals surface area contributed by atoms with Gasteiger partial charge in [0, 0.05) is 12.6 Å². The van der Waals surface area contributed by atoms with E-state index >= 15 is 0 Å². The summed E-state index contributed by atoms with van der Waals surface area (Å²) in [5, 5.41) is 0. The first-order chi connectivity index (χ1) is 7.03. The Balaban J connectivity index is 0.00000225. The van der Waals surface area contributed by atoms with E-state index in [1.54, 1.807) is 0 Å². The molecule has 1 atom stereocenters. The molecule has 0 aromatic heterocycles. The third kappa shape index (κ3) is 5.92. The Morgan fingerprint density at radius 3 is 2.50 bits per heavy atom. The van der Waals surface area contributed by atoms with Crippen molar-refractivity contribution in [1.29, 1.82) is 0 Å². The number of nitrogens with zero attached hydrogens (tertiary/aromatic N) is 1. The molecule has 0 aromatic rings. The van der Waals surface area contributed by atoms with Gasteiger partial charge in [0.05, 0.1) is 6.42 Å². The zero-order valence-electron chi connectivity index (χ0n) is 9.30. The number of alkyl halides is 3. The topological polar surface area (TPSA) is 29.3 Å². The van der Waals surface area contributed by atoms with Crippen LogP contribution >= 0.6 is 12.4 Å². The maximum atomic E-state index is 12.1. The number of rotatable bonds is 4. The van der Waals surface area contributed by atoms with Crippen molar-refractivity contribution in [2.45, 2.75) is 44.3 Å². The molecule has 0 aliphatic carbocycles. The first-order valence-electron chi connectivity index (χ1n) is 5.54. The predicted octanol–water partition coefficient (Wildman–Crippen LogP) is 2.56. The number of hydrogen-bond acceptors (Lipinski definition) is 2. The molecule has 6 heteroatoms. The molecule has 2 nitrogen and oxygen atoms in total. The summed E-state index contributed by atoms with van der Waals surface area (Å²) in [6, 6.07) is 0.270. The van der Waals surface area contributed by atoms with Crippen molar-refractivity contribution in [2.75, 3.05) is 19.6 Å². The van der Waals surface area contributed by atoms with E-state index < -0.39 is 12.6 Å². The van der Waals surface area contributed by atoms with E-state index in [1.165, 1.54) is 0 Å². The fourth-order valence-corrected chi connectivity index (χ4v) is 2.14. The van der Waals surface area contributed by atoms with Crippen LogP contribution in [0.2, 0.25) is 0 Å². The van der Waals surface area contributed by atoms with Gasteiger partial charge in [-0.1, -0.05) is 6.42 Å². The summed E-state index contributed by atoms with van der Waals surface area (Å²) in [5.41, 5.74) is 5.45. The Labute approximate surface area is 101 Å². The van der Waals surface area contributed by atoms with E-state index in [1.807, 2.05) is 4.90 Å². The Morgan fingerprint density at radius 1 is 1.25 bits per heavy atom. The summed E-state index contributed by atoms with van der Waals surface area (Å²) < 4.78 is 36.2. The molecular formula is C10H20ClF3N2. The van der Waals surface area contributed by atoms with E-state index in [2.05, 4.69) is 0 Å². The number of hydrogen-bond donors (Lipinski definition) is 1. The Kier molecular flexibility index (Phi) is 7.35. The highest BCUT2D eigenvalue weighted by Gasteiger charge is 2.30. The Bertz CT molecular complexity index is 185. The van der Waals surface area contributed by atoms with Gasteiger partial charge in [-0.25, -0.2) is 0 Å². The minimum absolute atomic E-state index is 0. The molecular weight excluding hydrogens is 241 g/mol. The van der Waals surface area contributed by atoms with Gasteiger partial charge in [0.1, 0.15) is 0 Å². The van der Waals surface area contributed by atoms with Crippen LogP contribution in [0.1, 0.15) is 32.1 Å². The molecule has 0 radical (unpaired) electrons. The standard InChI is InChI=1S/C10H19F3N2.ClH/c11-10(12,13)5-8-15-7-2-1-3-9(15)4-6-14;/h9H,1-8,14H2;1H. The van der Waals surface area contributed by atoms with Gasteiger partial charge in [0.2, 0.25) is 0 Å². The SMILES string of the molecule is Cl.NCCC1CCCCN1CCC(F)(F)F. The van der Waals surface area contributed by atoms with Gasteiger partial charge in [-0.3, -0.25) is 0 Å². The van der Waals surface area contributed by atoms with Crippen molar-refractivity contribution in [3.63, 3.8) is 0 Å². The first kappa shape index (κ1) is 16.0. The van der Waals surface area contributed by atoms with Crippen molar-refractivity contribution in [3.05, 3.63) is 0 Å². The first-order valence-corrected chi connectivity index (χ1v) is 5.54. The van der Waals surface area contributed by atoms with E-state index in [4.69, 9.17) is 5.73 Å². The molecule has 1 heterocycles. The van der Waals surface area contributed by atoms with Crippen LogP contribution in [0, 0.1) is 0 Å². The van der Waals surface area contributed by atoms with Crippen LogP contribution in [-0.2, 0) is 0 Å². The summed E-state index contributed by atoms with van der Waals surface area (Å²) in [6.07, 6.45) is -0.794. The average molecular weight is 261 g/mol. The molecule has 0 aromatic carbocycles. The lowest BCUT2D eigenvalue weighted by atomic mass is 9.99. The Hall–Kier alpha value is -0.0000000000000000555. The van der Waals surface area contributed by atoms with Crippen LogP contribution in [0.5, 0.6) is 0 Å². The summed E-state index contributed by atoms with van der Waals surface area (Å²) in [5.74, 6) is 0. The van der Waals surface area contributed by atoms with E-state index in [-0.39, 0.29) is 25.0 Å². The van der Waals surface area contributed by atoms with Gasteiger partial charge in [-0.15, -0.1) is 12.4 Å². The van der Waals surface area contributed by atoms with Crippen molar-refractivity contribution >= 4 is 12.4 Å². The highest BCUT2D eigenvalue weighted by atomic mass is 35.5. The smallest absolute Gasteiger partial charge is 0.330 e. The van der Waals surface area contributed by atoms with Crippen molar-refractivity contribution in [1.82, 2.24) is 4.90 Å². The highest BCUT2D eigenvalue weighted by Crippen LogP contribution is 2.24. The second-order valence-electron chi connectivity index (χ2n) is 4.13. The van der Waals surface area contributed by atoms with Crippen LogP contribution in [0.25, 0.3) is 0 Å². The van der Waals surface area contributed by atoms with E-state index in [9.17, 15) is 13.2 Å². The van der Waals surface area contributed by atoms with Crippen molar-refractivity contribution in [2.24, 2.45) is 5.73 Å². The van der Waals surface area contributed by atoms with Crippen molar-refractivity contribution < 1.29 is 13.2 Å². The summed E-state index contributed by atoms with van der Waals surface area (Å²) >= 11 is 0. The zero-order chi connectivity index (χ0) is 11.3. The average Bonchev–Trinajstić information content (AvgIpc) is 2.16. The van der Waals surface area contributed by atoms with Gasteiger partial charge in [0.25, 0.3) is 0 Å². The third-order valence-corrected chi connectivity index (χ3v) is 2.93. The van der Waals surface area contributed by atoms with Gasteiger partial charge < -0.3 is 10.6 Å². The lowest BCUT2D eigenvalue weighted by Crippen LogP contribution is -2.42. The van der Waals surface area contributed by atoms with Crippen LogP contribution in [0.3, 0.4) is 0 Å². The molecule has 0 spiro atoms. The molecule has 98 valence electrons. The number of likely N-dealkylation sites (tertiary alicyclic amines) is 1. The van der Waals surface area contributed by atoms with Gasteiger partial charge in [-0.2, -0.15) is 13.2 Å². The molecule has 1 aliphatic heterocycles. The molecule has 1 fully saturated rings. The third-order valence-electron chi connectivity index (χ3n) is 2.93. The largest absolute Gasteiger partial charge is 0.390 e. The number of piperidine rings is 1. The number of halogens is 4. The maximum absolute atomic E-state index is 12.1. The fraction of sp³-hybridized carbons (Fsp3) is 1.00.